The third-order valence-corrected chi connectivity index (χ3v) is 5.21. The Bertz CT molecular complexity index is 922. The molecule has 144 valence electrons. The van der Waals surface area contributed by atoms with Gasteiger partial charge < -0.3 is 10.1 Å². The molecule has 0 unspecified atom stereocenters. The number of carbonyl (C=O) groups excluding carboxylic acids is 1. The molecule has 2 N–H and O–H groups in total. The van der Waals surface area contributed by atoms with E-state index in [0.717, 1.165) is 25.0 Å². The standard InChI is InChI=1S/C17H15F3N2O4S/c18-17(19,20)26-14-7-5-12(6-8-14)21-16(23)11-1-9-15(10-2-11)27(24,25)22-13-3-4-13/h1-2,5-10,13,22H,3-4H2,(H,21,23). The third-order valence-electron chi connectivity index (χ3n) is 3.67. The summed E-state index contributed by atoms with van der Waals surface area (Å²) in [6, 6.07) is 10.00. The number of amides is 1. The molecule has 0 heterocycles. The minimum absolute atomic E-state index is 0.0257. The second kappa shape index (κ2) is 7.20. The monoisotopic (exact) mass is 400 g/mol. The number of sulfonamides is 1. The van der Waals surface area contributed by atoms with Gasteiger partial charge in [-0.2, -0.15) is 0 Å². The molecule has 2 aromatic carbocycles. The smallest absolute Gasteiger partial charge is 0.406 e. The summed E-state index contributed by atoms with van der Waals surface area (Å²) in [6.45, 7) is 0. The van der Waals surface area contributed by atoms with Crippen molar-refractivity contribution in [3.63, 3.8) is 0 Å². The highest BCUT2D eigenvalue weighted by atomic mass is 32.2. The number of anilines is 1. The number of halogens is 3. The molecule has 1 saturated carbocycles. The Labute approximate surface area is 153 Å². The zero-order valence-electron chi connectivity index (χ0n) is 13.8. The summed E-state index contributed by atoms with van der Waals surface area (Å²) in [4.78, 5) is 12.2. The van der Waals surface area contributed by atoms with E-state index in [1.165, 1.54) is 36.4 Å². The highest BCUT2D eigenvalue weighted by Gasteiger charge is 2.31. The number of hydrogen-bond acceptors (Lipinski definition) is 4. The first-order chi connectivity index (χ1) is 12.6. The van der Waals surface area contributed by atoms with Crippen LogP contribution in [0.2, 0.25) is 0 Å². The Morgan fingerprint density at radius 3 is 2.11 bits per heavy atom. The summed E-state index contributed by atoms with van der Waals surface area (Å²) in [5.74, 6) is -0.934. The van der Waals surface area contributed by atoms with Gasteiger partial charge in [0.1, 0.15) is 5.75 Å². The molecular weight excluding hydrogens is 385 g/mol. The molecular formula is C17H15F3N2O4S. The van der Waals surface area contributed by atoms with Crippen molar-refractivity contribution < 1.29 is 31.1 Å². The average molecular weight is 400 g/mol. The Morgan fingerprint density at radius 1 is 1.00 bits per heavy atom. The first-order valence-electron chi connectivity index (χ1n) is 7.92. The third kappa shape index (κ3) is 5.44. The summed E-state index contributed by atoms with van der Waals surface area (Å²) in [5.41, 5.74) is 0.470. The quantitative estimate of drug-likeness (QED) is 0.780. The van der Waals surface area contributed by atoms with Crippen molar-refractivity contribution in [1.29, 1.82) is 0 Å². The summed E-state index contributed by atoms with van der Waals surface area (Å²) >= 11 is 0. The van der Waals surface area contributed by atoms with Crippen LogP contribution in [0.15, 0.2) is 53.4 Å². The molecule has 27 heavy (non-hydrogen) atoms. The molecule has 6 nitrogen and oxygen atoms in total. The van der Waals surface area contributed by atoms with Crippen LogP contribution in [0.1, 0.15) is 23.2 Å². The zero-order valence-corrected chi connectivity index (χ0v) is 14.6. The van der Waals surface area contributed by atoms with E-state index in [1.54, 1.807) is 0 Å². The van der Waals surface area contributed by atoms with Crippen molar-refractivity contribution in [2.75, 3.05) is 5.32 Å². The molecule has 2 aromatic rings. The Hall–Kier alpha value is -2.59. The number of hydrogen-bond donors (Lipinski definition) is 2. The zero-order chi connectivity index (χ0) is 19.7. The predicted octanol–water partition coefficient (Wildman–Crippen LogP) is 3.28. The van der Waals surface area contributed by atoms with Crippen LogP contribution in [0, 0.1) is 0 Å². The van der Waals surface area contributed by atoms with Gasteiger partial charge in [0.15, 0.2) is 0 Å². The van der Waals surface area contributed by atoms with E-state index in [1.807, 2.05) is 0 Å². The minimum Gasteiger partial charge on any atom is -0.406 e. The van der Waals surface area contributed by atoms with Gasteiger partial charge in [0.25, 0.3) is 5.91 Å². The van der Waals surface area contributed by atoms with Gasteiger partial charge in [0.2, 0.25) is 10.0 Å². The van der Waals surface area contributed by atoms with Crippen molar-refractivity contribution >= 4 is 21.6 Å². The summed E-state index contributed by atoms with van der Waals surface area (Å²) in [7, 11) is -3.61. The molecule has 0 bridgehead atoms. The van der Waals surface area contributed by atoms with Gasteiger partial charge in [-0.3, -0.25) is 4.79 Å². The van der Waals surface area contributed by atoms with E-state index >= 15 is 0 Å². The van der Waals surface area contributed by atoms with Gasteiger partial charge in [0.05, 0.1) is 4.90 Å². The van der Waals surface area contributed by atoms with Gasteiger partial charge >= 0.3 is 6.36 Å². The molecule has 1 fully saturated rings. The van der Waals surface area contributed by atoms with Crippen LogP contribution in [0.4, 0.5) is 18.9 Å². The molecule has 0 radical (unpaired) electrons. The van der Waals surface area contributed by atoms with Crippen molar-refractivity contribution in [2.45, 2.75) is 30.1 Å². The molecule has 0 atom stereocenters. The highest BCUT2D eigenvalue weighted by Crippen LogP contribution is 2.25. The van der Waals surface area contributed by atoms with Crippen molar-refractivity contribution in [2.24, 2.45) is 0 Å². The Kier molecular flexibility index (Phi) is 5.11. The first kappa shape index (κ1) is 19.2. The van der Waals surface area contributed by atoms with Gasteiger partial charge in [-0.1, -0.05) is 0 Å². The number of carbonyl (C=O) groups is 1. The predicted molar refractivity (Wildman–Crippen MR) is 90.9 cm³/mol. The fourth-order valence-corrected chi connectivity index (χ4v) is 3.52. The van der Waals surface area contributed by atoms with Crippen LogP contribution in [0.3, 0.4) is 0 Å². The van der Waals surface area contributed by atoms with Crippen molar-refractivity contribution in [1.82, 2.24) is 4.72 Å². The van der Waals surface area contributed by atoms with Crippen LogP contribution in [-0.2, 0) is 10.0 Å². The highest BCUT2D eigenvalue weighted by molar-refractivity contribution is 7.89. The molecule has 0 spiro atoms. The lowest BCUT2D eigenvalue weighted by Gasteiger charge is -2.10. The number of benzene rings is 2. The normalized spacial score (nSPS) is 14.6. The van der Waals surface area contributed by atoms with Crippen LogP contribution in [0.25, 0.3) is 0 Å². The van der Waals surface area contributed by atoms with E-state index in [-0.39, 0.29) is 22.2 Å². The number of alkyl halides is 3. The van der Waals surface area contributed by atoms with E-state index in [0.29, 0.717) is 0 Å². The van der Waals surface area contributed by atoms with E-state index in [2.05, 4.69) is 14.8 Å². The van der Waals surface area contributed by atoms with E-state index < -0.39 is 28.0 Å². The lowest BCUT2D eigenvalue weighted by molar-refractivity contribution is -0.274. The van der Waals surface area contributed by atoms with Crippen LogP contribution in [-0.4, -0.2) is 26.7 Å². The van der Waals surface area contributed by atoms with Gasteiger partial charge in [-0.05, 0) is 61.4 Å². The van der Waals surface area contributed by atoms with Crippen LogP contribution < -0.4 is 14.8 Å². The summed E-state index contributed by atoms with van der Waals surface area (Å²) < 4.78 is 66.8. The molecule has 10 heteroatoms. The van der Waals surface area contributed by atoms with E-state index in [9.17, 15) is 26.4 Å². The molecule has 1 amide bonds. The maximum Gasteiger partial charge on any atom is 0.573 e. The topological polar surface area (TPSA) is 84.5 Å². The fraction of sp³-hybridized carbons (Fsp3) is 0.235. The second-order valence-corrected chi connectivity index (χ2v) is 7.66. The molecule has 3 rings (SSSR count). The summed E-state index contributed by atoms with van der Waals surface area (Å²) in [6.07, 6.45) is -3.17. The fourth-order valence-electron chi connectivity index (χ4n) is 2.22. The first-order valence-corrected chi connectivity index (χ1v) is 9.40. The lowest BCUT2D eigenvalue weighted by atomic mass is 10.2. The maximum absolute atomic E-state index is 12.2. The van der Waals surface area contributed by atoms with Crippen molar-refractivity contribution in [3.8, 4) is 5.75 Å². The Balaban J connectivity index is 1.64. The largest absolute Gasteiger partial charge is 0.573 e. The van der Waals surface area contributed by atoms with Crippen LogP contribution in [0.5, 0.6) is 5.75 Å². The van der Waals surface area contributed by atoms with Gasteiger partial charge in [-0.15, -0.1) is 13.2 Å². The second-order valence-electron chi connectivity index (χ2n) is 5.95. The van der Waals surface area contributed by atoms with E-state index in [4.69, 9.17) is 0 Å². The molecule has 1 aliphatic rings. The minimum atomic E-state index is -4.79. The SMILES string of the molecule is O=C(Nc1ccc(OC(F)(F)F)cc1)c1ccc(S(=O)(=O)NC2CC2)cc1. The number of nitrogens with one attached hydrogen (secondary N) is 2. The number of ether oxygens (including phenoxy) is 1. The van der Waals surface area contributed by atoms with Crippen LogP contribution >= 0.6 is 0 Å². The average Bonchev–Trinajstić information content (AvgIpc) is 3.39. The maximum atomic E-state index is 12.2. The molecule has 0 aromatic heterocycles. The molecule has 0 aliphatic heterocycles. The Morgan fingerprint density at radius 2 is 1.59 bits per heavy atom. The molecule has 0 saturated heterocycles. The van der Waals surface area contributed by atoms with Gasteiger partial charge in [-0.25, -0.2) is 13.1 Å². The van der Waals surface area contributed by atoms with Gasteiger partial charge in [0, 0.05) is 17.3 Å². The van der Waals surface area contributed by atoms with Crippen molar-refractivity contribution in [3.05, 3.63) is 54.1 Å². The number of rotatable bonds is 6. The summed E-state index contributed by atoms with van der Waals surface area (Å²) in [5, 5.41) is 2.51. The molecule has 1 aliphatic carbocycles. The lowest BCUT2D eigenvalue weighted by Crippen LogP contribution is -2.25.